The van der Waals surface area contributed by atoms with E-state index in [0.717, 1.165) is 15.6 Å². The fourth-order valence-corrected chi connectivity index (χ4v) is 8.55. The topological polar surface area (TPSA) is 101 Å². The van der Waals surface area contributed by atoms with Gasteiger partial charge in [-0.1, -0.05) is 72.8 Å². The Morgan fingerprint density at radius 3 is 1.93 bits per heavy atom. The Morgan fingerprint density at radius 2 is 1.36 bits per heavy atom. The van der Waals surface area contributed by atoms with Crippen molar-refractivity contribution in [1.29, 1.82) is 0 Å². The van der Waals surface area contributed by atoms with Crippen LogP contribution in [0.25, 0.3) is 0 Å². The zero-order chi connectivity index (χ0) is 31.4. The van der Waals surface area contributed by atoms with Crippen molar-refractivity contribution in [2.45, 2.75) is 23.0 Å². The third-order valence-corrected chi connectivity index (χ3v) is 12.5. The Morgan fingerprint density at radius 1 is 0.818 bits per heavy atom. The third kappa shape index (κ3) is 5.40. The second-order valence-electron chi connectivity index (χ2n) is 11.2. The number of esters is 1. The van der Waals surface area contributed by atoms with Crippen LogP contribution in [0.1, 0.15) is 43.1 Å². The van der Waals surface area contributed by atoms with Crippen molar-refractivity contribution in [3.63, 3.8) is 0 Å². The molecular formula is C32H24Br2Cl2N2O6. The third-order valence-electron chi connectivity index (χ3n) is 8.57. The van der Waals surface area contributed by atoms with E-state index in [1.54, 1.807) is 24.3 Å². The second kappa shape index (κ2) is 12.0. The van der Waals surface area contributed by atoms with E-state index in [0.29, 0.717) is 12.0 Å². The average molecular weight is 763 g/mol. The number of hydrogen-bond acceptors (Lipinski definition) is 6. The van der Waals surface area contributed by atoms with Gasteiger partial charge in [0.15, 0.2) is 5.78 Å². The van der Waals surface area contributed by atoms with E-state index in [1.165, 1.54) is 42.5 Å². The number of ketones is 1. The number of carbonyl (C=O) groups is 5. The van der Waals surface area contributed by atoms with Gasteiger partial charge in [0.25, 0.3) is 17.7 Å². The number of hydrazine groups is 1. The molecule has 2 aliphatic carbocycles. The van der Waals surface area contributed by atoms with Gasteiger partial charge < -0.3 is 4.74 Å². The number of alkyl halides is 2. The Kier molecular flexibility index (Phi) is 8.47. The summed E-state index contributed by atoms with van der Waals surface area (Å²) < 4.78 is 5.42. The van der Waals surface area contributed by atoms with Gasteiger partial charge in [0.05, 0.1) is 27.4 Å². The van der Waals surface area contributed by atoms with Crippen LogP contribution in [0.5, 0.6) is 5.75 Å². The Balaban J connectivity index is 1.26. The number of rotatable bonds is 7. The van der Waals surface area contributed by atoms with Crippen molar-refractivity contribution >= 4 is 84.5 Å². The molecule has 6 atom stereocenters. The van der Waals surface area contributed by atoms with E-state index in [-0.39, 0.29) is 48.4 Å². The number of benzene rings is 3. The lowest BCUT2D eigenvalue weighted by Crippen LogP contribution is -2.52. The van der Waals surface area contributed by atoms with E-state index in [4.69, 9.17) is 27.9 Å². The van der Waals surface area contributed by atoms with Crippen molar-refractivity contribution in [2.75, 3.05) is 6.54 Å². The van der Waals surface area contributed by atoms with Gasteiger partial charge in [-0.05, 0) is 79.8 Å². The van der Waals surface area contributed by atoms with Crippen LogP contribution in [-0.2, 0) is 9.59 Å². The molecule has 2 saturated carbocycles. The van der Waals surface area contributed by atoms with Gasteiger partial charge in [-0.2, -0.15) is 5.01 Å². The quantitative estimate of drug-likeness (QED) is 0.0892. The number of imide groups is 1. The molecule has 12 heteroatoms. The van der Waals surface area contributed by atoms with E-state index in [9.17, 15) is 24.0 Å². The molecule has 0 aromatic heterocycles. The molecule has 1 heterocycles. The summed E-state index contributed by atoms with van der Waals surface area (Å²) >= 11 is 19.6. The van der Waals surface area contributed by atoms with E-state index >= 15 is 0 Å². The van der Waals surface area contributed by atoms with Gasteiger partial charge in [0.1, 0.15) is 12.3 Å². The molecule has 226 valence electrons. The Hall–Kier alpha value is -3.05. The SMILES string of the molecule is Cc1ccc(C(=O)Oc2ccc(C(=O)CN(C(=O)c3ccc(Cl)c(Cl)c3)N3C(=O)[C@@H]4[C@H]5C[C@@H]([C@H](Br)[C@H]5Br)[C@H]4C3=O)cc2)cc1. The van der Waals surface area contributed by atoms with Gasteiger partial charge in [0, 0.05) is 20.8 Å². The molecule has 2 bridgehead atoms. The summed E-state index contributed by atoms with van der Waals surface area (Å²) in [5, 5.41) is 2.08. The lowest BCUT2D eigenvalue weighted by atomic mass is 9.81. The standard InChI is InChI=1S/C32H24Br2Cl2N2O6/c1-15-2-4-17(5-3-15)32(43)44-19-9-6-16(7-10-19)24(39)14-37(29(40)18-8-11-22(35)23(36)12-18)38-30(41)25-20-13-21(26(25)31(38)42)28(34)27(20)33/h2-12,20-21,25-28H,13-14H2,1H3/t20-,21-,25-,26-,27+,28+/m1/s1. The fraction of sp³-hybridized carbons (Fsp3) is 0.281. The minimum Gasteiger partial charge on any atom is -0.423 e. The van der Waals surface area contributed by atoms with Crippen LogP contribution in [0.15, 0.2) is 66.7 Å². The summed E-state index contributed by atoms with van der Waals surface area (Å²) in [6.07, 6.45) is 0.715. The zero-order valence-corrected chi connectivity index (χ0v) is 27.8. The first kappa shape index (κ1) is 31.0. The summed E-state index contributed by atoms with van der Waals surface area (Å²) in [6.45, 7) is 1.32. The smallest absolute Gasteiger partial charge is 0.343 e. The molecule has 1 saturated heterocycles. The van der Waals surface area contributed by atoms with Crippen molar-refractivity contribution in [2.24, 2.45) is 23.7 Å². The van der Waals surface area contributed by atoms with Crippen LogP contribution in [0, 0.1) is 30.6 Å². The maximum atomic E-state index is 13.9. The highest BCUT2D eigenvalue weighted by molar-refractivity contribution is 9.12. The molecule has 0 unspecified atom stereocenters. The molecule has 44 heavy (non-hydrogen) atoms. The number of amides is 3. The Bertz CT molecular complexity index is 1670. The molecule has 3 amide bonds. The number of aryl methyl sites for hydroxylation is 1. The van der Waals surface area contributed by atoms with Crippen molar-refractivity contribution < 1.29 is 28.7 Å². The van der Waals surface area contributed by atoms with Gasteiger partial charge in [-0.25, -0.2) is 9.80 Å². The van der Waals surface area contributed by atoms with Gasteiger partial charge in [-0.3, -0.25) is 19.2 Å². The summed E-state index contributed by atoms with van der Waals surface area (Å²) in [5.41, 5.74) is 1.63. The predicted octanol–water partition coefficient (Wildman–Crippen LogP) is 6.54. The number of ether oxygens (including phenoxy) is 1. The maximum absolute atomic E-state index is 13.9. The predicted molar refractivity (Wildman–Crippen MR) is 170 cm³/mol. The number of hydrogen-bond donors (Lipinski definition) is 0. The monoisotopic (exact) mass is 760 g/mol. The van der Waals surface area contributed by atoms with E-state index in [1.807, 2.05) is 6.92 Å². The van der Waals surface area contributed by atoms with Crippen LogP contribution in [0.4, 0.5) is 0 Å². The fourth-order valence-electron chi connectivity index (χ4n) is 6.37. The summed E-state index contributed by atoms with van der Waals surface area (Å²) in [7, 11) is 0. The van der Waals surface area contributed by atoms with E-state index < -0.39 is 47.9 Å². The van der Waals surface area contributed by atoms with Crippen LogP contribution >= 0.6 is 55.1 Å². The van der Waals surface area contributed by atoms with Crippen LogP contribution in [-0.4, -0.2) is 55.7 Å². The van der Waals surface area contributed by atoms with Gasteiger partial charge in [-0.15, -0.1) is 0 Å². The minimum absolute atomic E-state index is 0.00456. The van der Waals surface area contributed by atoms with Crippen LogP contribution in [0.2, 0.25) is 10.0 Å². The first-order valence-corrected chi connectivity index (χ1v) is 16.4. The Labute approximate surface area is 279 Å². The average Bonchev–Trinajstić information content (AvgIpc) is 3.62. The van der Waals surface area contributed by atoms with E-state index in [2.05, 4.69) is 31.9 Å². The molecule has 3 aromatic carbocycles. The lowest BCUT2D eigenvalue weighted by molar-refractivity contribution is -0.154. The van der Waals surface area contributed by atoms with Crippen molar-refractivity contribution in [3.05, 3.63) is 99.0 Å². The molecule has 3 aromatic rings. The van der Waals surface area contributed by atoms with Crippen molar-refractivity contribution in [3.8, 4) is 5.75 Å². The number of fused-ring (bicyclic) bond motifs is 5. The van der Waals surface area contributed by atoms with Crippen LogP contribution in [0.3, 0.4) is 0 Å². The molecular weight excluding hydrogens is 739 g/mol. The van der Waals surface area contributed by atoms with Crippen LogP contribution < -0.4 is 4.74 Å². The number of nitrogens with zero attached hydrogens (tertiary/aromatic N) is 2. The largest absolute Gasteiger partial charge is 0.423 e. The lowest BCUT2D eigenvalue weighted by Gasteiger charge is -2.31. The second-order valence-corrected chi connectivity index (χ2v) is 14.1. The zero-order valence-electron chi connectivity index (χ0n) is 23.1. The van der Waals surface area contributed by atoms with Crippen molar-refractivity contribution in [1.82, 2.24) is 10.0 Å². The molecule has 8 nitrogen and oxygen atoms in total. The first-order chi connectivity index (χ1) is 21.0. The maximum Gasteiger partial charge on any atom is 0.343 e. The number of Topliss-reactive ketones (excluding diaryl/α,β-unsaturated/α-hetero) is 1. The molecule has 0 radical (unpaired) electrons. The molecule has 3 fully saturated rings. The molecule has 0 spiro atoms. The first-order valence-electron chi connectivity index (χ1n) is 13.8. The molecule has 0 N–H and O–H groups in total. The summed E-state index contributed by atoms with van der Waals surface area (Å²) in [6, 6.07) is 16.9. The highest BCUT2D eigenvalue weighted by Gasteiger charge is 2.67. The van der Waals surface area contributed by atoms with Gasteiger partial charge >= 0.3 is 5.97 Å². The molecule has 1 aliphatic heterocycles. The molecule has 6 rings (SSSR count). The number of carbonyl (C=O) groups excluding carboxylic acids is 5. The normalized spacial score (nSPS) is 25.2. The highest BCUT2D eigenvalue weighted by Crippen LogP contribution is 2.60. The molecule has 3 aliphatic rings. The number of halogens is 4. The summed E-state index contributed by atoms with van der Waals surface area (Å²) in [4.78, 5) is 67.5. The van der Waals surface area contributed by atoms with Gasteiger partial charge in [0.2, 0.25) is 0 Å². The summed E-state index contributed by atoms with van der Waals surface area (Å²) in [5.74, 6) is -3.96. The highest BCUT2D eigenvalue weighted by atomic mass is 79.9. The minimum atomic E-state index is -0.750.